The molecule has 0 saturated heterocycles. The molecule has 19 heavy (non-hydrogen) atoms. The van der Waals surface area contributed by atoms with Crippen molar-refractivity contribution in [1.29, 1.82) is 0 Å². The van der Waals surface area contributed by atoms with Gasteiger partial charge in [-0.1, -0.05) is 35.5 Å². The Morgan fingerprint density at radius 2 is 1.89 bits per heavy atom. The van der Waals surface area contributed by atoms with Gasteiger partial charge in [-0.2, -0.15) is 18.2 Å². The molecule has 1 aromatic heterocycles. The first kappa shape index (κ1) is 13.5. The van der Waals surface area contributed by atoms with E-state index >= 15 is 0 Å². The summed E-state index contributed by atoms with van der Waals surface area (Å²) in [6, 6.07) is 9.50. The summed E-state index contributed by atoms with van der Waals surface area (Å²) in [6.07, 6.45) is -3.75. The summed E-state index contributed by atoms with van der Waals surface area (Å²) >= 11 is 0. The van der Waals surface area contributed by atoms with Gasteiger partial charge in [0, 0.05) is 6.42 Å². The highest BCUT2D eigenvalue weighted by molar-refractivity contribution is 5.18. The van der Waals surface area contributed by atoms with Crippen molar-refractivity contribution in [3.63, 3.8) is 0 Å². The van der Waals surface area contributed by atoms with Crippen molar-refractivity contribution in [1.82, 2.24) is 15.5 Å². The largest absolute Gasteiger partial charge is 0.401 e. The van der Waals surface area contributed by atoms with Gasteiger partial charge in [0.15, 0.2) is 5.82 Å². The number of nitrogens with zero attached hydrogens (tertiary/aromatic N) is 2. The third-order valence-electron chi connectivity index (χ3n) is 2.32. The van der Waals surface area contributed by atoms with Crippen LogP contribution in [0.4, 0.5) is 13.2 Å². The van der Waals surface area contributed by atoms with E-state index in [9.17, 15) is 13.2 Å². The van der Waals surface area contributed by atoms with Gasteiger partial charge >= 0.3 is 6.18 Å². The molecule has 4 nitrogen and oxygen atoms in total. The molecular formula is C12H12F3N3O. The molecule has 0 unspecified atom stereocenters. The third-order valence-corrected chi connectivity index (χ3v) is 2.32. The summed E-state index contributed by atoms with van der Waals surface area (Å²) in [4.78, 5) is 4.02. The zero-order chi connectivity index (χ0) is 13.7. The molecule has 0 saturated carbocycles. The van der Waals surface area contributed by atoms with Crippen molar-refractivity contribution < 1.29 is 17.7 Å². The van der Waals surface area contributed by atoms with Gasteiger partial charge in [-0.3, -0.25) is 0 Å². The molecular weight excluding hydrogens is 259 g/mol. The van der Waals surface area contributed by atoms with E-state index in [1.165, 1.54) is 0 Å². The van der Waals surface area contributed by atoms with Crippen LogP contribution < -0.4 is 5.32 Å². The Bertz CT molecular complexity index is 510. The van der Waals surface area contributed by atoms with Crippen molar-refractivity contribution in [2.24, 2.45) is 0 Å². The molecule has 2 aromatic rings. The highest BCUT2D eigenvalue weighted by Gasteiger charge is 2.26. The molecule has 0 spiro atoms. The van der Waals surface area contributed by atoms with Crippen molar-refractivity contribution in [2.45, 2.75) is 19.1 Å². The average Bonchev–Trinajstić information content (AvgIpc) is 2.76. The molecule has 1 N–H and O–H groups in total. The molecule has 0 amide bonds. The fraction of sp³-hybridized carbons (Fsp3) is 0.333. The average molecular weight is 271 g/mol. The van der Waals surface area contributed by atoms with Crippen molar-refractivity contribution in [2.75, 3.05) is 6.54 Å². The molecule has 0 atom stereocenters. The monoisotopic (exact) mass is 271 g/mol. The third kappa shape index (κ3) is 4.70. The summed E-state index contributed by atoms with van der Waals surface area (Å²) in [7, 11) is 0. The lowest BCUT2D eigenvalue weighted by Gasteiger charge is -2.05. The maximum atomic E-state index is 11.9. The predicted molar refractivity (Wildman–Crippen MR) is 61.3 cm³/mol. The van der Waals surface area contributed by atoms with Gasteiger partial charge in [0.25, 0.3) is 0 Å². The van der Waals surface area contributed by atoms with Crippen LogP contribution in [0.5, 0.6) is 0 Å². The van der Waals surface area contributed by atoms with E-state index in [0.717, 1.165) is 5.56 Å². The molecule has 102 valence electrons. The second kappa shape index (κ2) is 5.83. The van der Waals surface area contributed by atoms with Gasteiger partial charge in [0.05, 0.1) is 13.1 Å². The van der Waals surface area contributed by atoms with Gasteiger partial charge in [-0.15, -0.1) is 0 Å². The molecule has 0 bridgehead atoms. The highest BCUT2D eigenvalue weighted by Crippen LogP contribution is 2.12. The standard InChI is InChI=1S/C12H12F3N3O/c13-12(14,15)8-16-7-11-17-10(18-19-11)6-9-4-2-1-3-5-9/h1-5,16H,6-8H2. The molecule has 0 aliphatic carbocycles. The Labute approximate surface area is 107 Å². The summed E-state index contributed by atoms with van der Waals surface area (Å²) in [5, 5.41) is 5.92. The van der Waals surface area contributed by atoms with Crippen LogP contribution in [0.3, 0.4) is 0 Å². The molecule has 0 aliphatic rings. The van der Waals surface area contributed by atoms with Crippen LogP contribution in [0.1, 0.15) is 17.3 Å². The van der Waals surface area contributed by atoms with Crippen molar-refractivity contribution in [3.05, 3.63) is 47.6 Å². The zero-order valence-electron chi connectivity index (χ0n) is 9.94. The van der Waals surface area contributed by atoms with Gasteiger partial charge in [-0.25, -0.2) is 0 Å². The Morgan fingerprint density at radius 3 is 2.58 bits per heavy atom. The number of alkyl halides is 3. The first-order chi connectivity index (χ1) is 9.03. The summed E-state index contributed by atoms with van der Waals surface area (Å²) < 4.78 is 40.6. The van der Waals surface area contributed by atoms with E-state index in [0.29, 0.717) is 12.2 Å². The van der Waals surface area contributed by atoms with E-state index in [4.69, 9.17) is 4.52 Å². The van der Waals surface area contributed by atoms with E-state index in [1.807, 2.05) is 30.3 Å². The maximum Gasteiger partial charge on any atom is 0.401 e. The molecule has 0 radical (unpaired) electrons. The number of benzene rings is 1. The van der Waals surface area contributed by atoms with Crippen LogP contribution in [0.15, 0.2) is 34.9 Å². The maximum absolute atomic E-state index is 11.9. The van der Waals surface area contributed by atoms with Gasteiger partial charge in [-0.05, 0) is 5.56 Å². The topological polar surface area (TPSA) is 51.0 Å². The smallest absolute Gasteiger partial charge is 0.338 e. The highest BCUT2D eigenvalue weighted by atomic mass is 19.4. The van der Waals surface area contributed by atoms with Crippen molar-refractivity contribution in [3.8, 4) is 0 Å². The van der Waals surface area contributed by atoms with Crippen LogP contribution >= 0.6 is 0 Å². The lowest BCUT2D eigenvalue weighted by molar-refractivity contribution is -0.125. The molecule has 7 heteroatoms. The first-order valence-corrected chi connectivity index (χ1v) is 5.66. The number of rotatable bonds is 5. The van der Waals surface area contributed by atoms with Gasteiger partial charge in [0.2, 0.25) is 5.89 Å². The number of nitrogens with one attached hydrogen (secondary N) is 1. The van der Waals surface area contributed by atoms with E-state index < -0.39 is 12.7 Å². The Balaban J connectivity index is 1.86. The van der Waals surface area contributed by atoms with E-state index in [-0.39, 0.29) is 12.4 Å². The minimum absolute atomic E-state index is 0.0959. The second-order valence-electron chi connectivity index (χ2n) is 3.99. The minimum atomic E-state index is -4.24. The normalized spacial score (nSPS) is 11.7. The van der Waals surface area contributed by atoms with Gasteiger partial charge < -0.3 is 9.84 Å². The fourth-order valence-corrected chi connectivity index (χ4v) is 1.52. The quantitative estimate of drug-likeness (QED) is 0.906. The number of hydrogen-bond donors (Lipinski definition) is 1. The minimum Gasteiger partial charge on any atom is -0.338 e. The SMILES string of the molecule is FC(F)(F)CNCc1nc(Cc2ccccc2)no1. The number of halogens is 3. The van der Waals surface area contributed by atoms with Crippen LogP contribution in [0, 0.1) is 0 Å². The van der Waals surface area contributed by atoms with Crippen LogP contribution in [0.25, 0.3) is 0 Å². The van der Waals surface area contributed by atoms with Crippen molar-refractivity contribution >= 4 is 0 Å². The molecule has 0 fully saturated rings. The fourth-order valence-electron chi connectivity index (χ4n) is 1.52. The molecule has 1 heterocycles. The Hall–Kier alpha value is -1.89. The summed E-state index contributed by atoms with van der Waals surface area (Å²) in [6.45, 7) is -1.18. The van der Waals surface area contributed by atoms with Gasteiger partial charge in [0.1, 0.15) is 0 Å². The second-order valence-corrected chi connectivity index (χ2v) is 3.99. The zero-order valence-corrected chi connectivity index (χ0v) is 9.94. The summed E-state index contributed by atoms with van der Waals surface area (Å²) in [5.41, 5.74) is 1.01. The van der Waals surface area contributed by atoms with Crippen LogP contribution in [0.2, 0.25) is 0 Å². The molecule has 1 aromatic carbocycles. The van der Waals surface area contributed by atoms with E-state index in [2.05, 4.69) is 15.5 Å². The Kier molecular flexibility index (Phi) is 4.16. The predicted octanol–water partition coefficient (Wildman–Crippen LogP) is 2.31. The number of aromatic nitrogens is 2. The lowest BCUT2D eigenvalue weighted by atomic mass is 10.1. The molecule has 2 rings (SSSR count). The summed E-state index contributed by atoms with van der Waals surface area (Å²) in [5.74, 6) is 0.602. The Morgan fingerprint density at radius 1 is 1.16 bits per heavy atom. The molecule has 0 aliphatic heterocycles. The van der Waals surface area contributed by atoms with Crippen LogP contribution in [-0.2, 0) is 13.0 Å². The lowest BCUT2D eigenvalue weighted by Crippen LogP contribution is -2.28. The van der Waals surface area contributed by atoms with E-state index in [1.54, 1.807) is 0 Å². The van der Waals surface area contributed by atoms with Crippen LogP contribution in [-0.4, -0.2) is 22.9 Å². The first-order valence-electron chi connectivity index (χ1n) is 5.66. The number of hydrogen-bond acceptors (Lipinski definition) is 4.